The highest BCUT2D eigenvalue weighted by Gasteiger charge is 2.37. The lowest BCUT2D eigenvalue weighted by molar-refractivity contribution is -0.136. The smallest absolute Gasteiger partial charge is 0.340 e. The number of amides is 1. The maximum atomic E-state index is 13.1. The van der Waals surface area contributed by atoms with Crippen LogP contribution in [0.2, 0.25) is 10.0 Å². The number of esters is 1. The second-order valence-electron chi connectivity index (χ2n) is 6.96. The molecule has 0 bridgehead atoms. The molecule has 28 heavy (non-hydrogen) atoms. The number of hydrogen-bond donors (Lipinski definition) is 0. The molecule has 4 nitrogen and oxygen atoms in total. The molecule has 148 valence electrons. The van der Waals surface area contributed by atoms with E-state index < -0.39 is 5.97 Å². The van der Waals surface area contributed by atoms with E-state index >= 15 is 0 Å². The second kappa shape index (κ2) is 8.97. The third-order valence-corrected chi connectivity index (χ3v) is 5.89. The number of ether oxygens (including phenoxy) is 1. The number of hydrogen-bond acceptors (Lipinski definition) is 3. The van der Waals surface area contributed by atoms with Crippen LogP contribution in [0.15, 0.2) is 46.7 Å². The van der Waals surface area contributed by atoms with Crippen molar-refractivity contribution in [3.05, 3.63) is 62.3 Å². The minimum atomic E-state index is -0.542. The monoisotopic (exact) mass is 419 g/mol. The molecule has 0 saturated carbocycles. The van der Waals surface area contributed by atoms with E-state index in [1.54, 1.807) is 36.1 Å². The Morgan fingerprint density at radius 2 is 1.96 bits per heavy atom. The van der Waals surface area contributed by atoms with Crippen LogP contribution in [0, 0.1) is 0 Å². The summed E-state index contributed by atoms with van der Waals surface area (Å²) in [5.74, 6) is -0.773. The number of carbonyl (C=O) groups is 2. The average Bonchev–Trinajstić information content (AvgIpc) is 2.93. The highest BCUT2D eigenvalue weighted by Crippen LogP contribution is 2.35. The lowest BCUT2D eigenvalue weighted by atomic mass is 9.97. The molecule has 0 unspecified atom stereocenters. The predicted molar refractivity (Wildman–Crippen MR) is 112 cm³/mol. The number of allylic oxidation sites excluding steroid dienone is 2. The van der Waals surface area contributed by atoms with Crippen LogP contribution in [-0.4, -0.2) is 30.4 Å². The van der Waals surface area contributed by atoms with Crippen molar-refractivity contribution in [2.45, 2.75) is 39.0 Å². The Morgan fingerprint density at radius 1 is 1.25 bits per heavy atom. The molecule has 0 radical (unpaired) electrons. The summed E-state index contributed by atoms with van der Waals surface area (Å²) in [6.45, 7) is 2.30. The lowest BCUT2D eigenvalue weighted by Gasteiger charge is -2.20. The van der Waals surface area contributed by atoms with Crippen LogP contribution in [0.5, 0.6) is 0 Å². The minimum Gasteiger partial charge on any atom is -0.465 e. The molecule has 1 aromatic carbocycles. The van der Waals surface area contributed by atoms with Gasteiger partial charge < -0.3 is 9.64 Å². The summed E-state index contributed by atoms with van der Waals surface area (Å²) in [6, 6.07) is 5.12. The quantitative estimate of drug-likeness (QED) is 0.356. The zero-order chi connectivity index (χ0) is 20.3. The summed E-state index contributed by atoms with van der Waals surface area (Å²) in [4.78, 5) is 27.2. The first-order valence-corrected chi connectivity index (χ1v) is 10.1. The summed E-state index contributed by atoms with van der Waals surface area (Å²) in [5.41, 5.74) is 3.01. The van der Waals surface area contributed by atoms with Gasteiger partial charge in [-0.3, -0.25) is 4.79 Å². The van der Waals surface area contributed by atoms with Crippen molar-refractivity contribution < 1.29 is 14.3 Å². The summed E-state index contributed by atoms with van der Waals surface area (Å²) >= 11 is 12.5. The van der Waals surface area contributed by atoms with Crippen molar-refractivity contribution in [1.82, 2.24) is 4.90 Å². The summed E-state index contributed by atoms with van der Waals surface area (Å²) < 4.78 is 4.93. The van der Waals surface area contributed by atoms with Crippen molar-refractivity contribution in [2.24, 2.45) is 0 Å². The van der Waals surface area contributed by atoms with E-state index in [-0.39, 0.29) is 17.1 Å². The summed E-state index contributed by atoms with van der Waals surface area (Å²) in [5, 5.41) is 0.834. The molecule has 1 heterocycles. The maximum Gasteiger partial charge on any atom is 0.340 e. The Balaban J connectivity index is 1.95. The van der Waals surface area contributed by atoms with Gasteiger partial charge in [0.15, 0.2) is 0 Å². The van der Waals surface area contributed by atoms with Gasteiger partial charge in [0.1, 0.15) is 0 Å². The molecule has 1 aliphatic heterocycles. The van der Waals surface area contributed by atoms with Crippen LogP contribution in [-0.2, 0) is 14.3 Å². The zero-order valence-corrected chi connectivity index (χ0v) is 17.6. The Bertz CT molecular complexity index is 879. The fourth-order valence-corrected chi connectivity index (χ4v) is 4.18. The van der Waals surface area contributed by atoms with Crippen molar-refractivity contribution in [3.63, 3.8) is 0 Å². The van der Waals surface area contributed by atoms with Crippen molar-refractivity contribution in [3.8, 4) is 0 Å². The van der Waals surface area contributed by atoms with E-state index in [2.05, 4.69) is 6.08 Å². The third kappa shape index (κ3) is 4.18. The molecule has 0 spiro atoms. The van der Waals surface area contributed by atoms with Gasteiger partial charge in [-0.05, 0) is 57.2 Å². The zero-order valence-electron chi connectivity index (χ0n) is 16.1. The van der Waals surface area contributed by atoms with Gasteiger partial charge in [-0.15, -0.1) is 0 Å². The molecule has 1 aliphatic carbocycles. The molecule has 0 N–H and O–H groups in total. The normalized spacial score (nSPS) is 18.7. The van der Waals surface area contributed by atoms with E-state index in [0.29, 0.717) is 27.9 Å². The Hall–Kier alpha value is -2.04. The molecule has 6 heteroatoms. The van der Waals surface area contributed by atoms with Crippen LogP contribution >= 0.6 is 23.2 Å². The maximum absolute atomic E-state index is 13.1. The first-order chi connectivity index (χ1) is 13.4. The summed E-state index contributed by atoms with van der Waals surface area (Å²) in [7, 11) is 1.31. The Kier molecular flexibility index (Phi) is 6.63. The van der Waals surface area contributed by atoms with Gasteiger partial charge in [0.05, 0.1) is 18.3 Å². The first-order valence-electron chi connectivity index (χ1n) is 9.39. The lowest BCUT2D eigenvalue weighted by Crippen LogP contribution is -2.26. The van der Waals surface area contributed by atoms with Gasteiger partial charge in [-0.25, -0.2) is 4.79 Å². The number of rotatable bonds is 5. The Labute approximate surface area is 175 Å². The molecule has 1 aromatic rings. The van der Waals surface area contributed by atoms with E-state index in [9.17, 15) is 9.59 Å². The number of nitrogens with zero attached hydrogens (tertiary/aromatic N) is 1. The molecular formula is C22H23Cl2NO3. The van der Waals surface area contributed by atoms with Crippen LogP contribution < -0.4 is 0 Å². The van der Waals surface area contributed by atoms with Gasteiger partial charge in [-0.1, -0.05) is 40.9 Å². The standard InChI is InChI=1S/C22H23Cl2NO3/c1-14-20(22(27)28-2)17(13-16-18(23)9-6-10-19(16)24)21(26)25(14)12-11-15-7-4-3-5-8-15/h6-7,9-10,13H,3-5,8,11-12H2,1-2H3/b17-13-. The van der Waals surface area contributed by atoms with E-state index in [0.717, 1.165) is 19.3 Å². The second-order valence-corrected chi connectivity index (χ2v) is 7.77. The van der Waals surface area contributed by atoms with Crippen molar-refractivity contribution >= 4 is 41.2 Å². The highest BCUT2D eigenvalue weighted by atomic mass is 35.5. The first kappa shape index (κ1) is 20.7. The molecular weight excluding hydrogens is 397 g/mol. The summed E-state index contributed by atoms with van der Waals surface area (Å²) in [6.07, 6.45) is 9.25. The fraction of sp³-hybridized carbons (Fsp3) is 0.364. The molecule has 0 atom stereocenters. The minimum absolute atomic E-state index is 0.231. The van der Waals surface area contributed by atoms with Gasteiger partial charge >= 0.3 is 5.97 Å². The molecule has 0 fully saturated rings. The van der Waals surface area contributed by atoms with Crippen molar-refractivity contribution in [2.75, 3.05) is 13.7 Å². The van der Waals surface area contributed by atoms with E-state index in [1.807, 2.05) is 0 Å². The molecule has 3 rings (SSSR count). The predicted octanol–water partition coefficient (Wildman–Crippen LogP) is 5.56. The van der Waals surface area contributed by atoms with Crippen LogP contribution in [0.4, 0.5) is 0 Å². The largest absolute Gasteiger partial charge is 0.465 e. The van der Waals surface area contributed by atoms with Gasteiger partial charge in [-0.2, -0.15) is 0 Å². The van der Waals surface area contributed by atoms with E-state index in [4.69, 9.17) is 27.9 Å². The Morgan fingerprint density at radius 3 is 2.57 bits per heavy atom. The fourth-order valence-electron chi connectivity index (χ4n) is 3.68. The highest BCUT2D eigenvalue weighted by molar-refractivity contribution is 6.37. The number of benzene rings is 1. The number of methoxy groups -OCH3 is 1. The van der Waals surface area contributed by atoms with Crippen molar-refractivity contribution in [1.29, 1.82) is 0 Å². The molecule has 0 aromatic heterocycles. The van der Waals surface area contributed by atoms with Crippen LogP contribution in [0.1, 0.15) is 44.6 Å². The third-order valence-electron chi connectivity index (χ3n) is 5.23. The molecule has 0 saturated heterocycles. The van der Waals surface area contributed by atoms with Gasteiger partial charge in [0.2, 0.25) is 0 Å². The molecule has 1 amide bonds. The average molecular weight is 420 g/mol. The van der Waals surface area contributed by atoms with Crippen LogP contribution in [0.25, 0.3) is 6.08 Å². The van der Waals surface area contributed by atoms with Gasteiger partial charge in [0, 0.05) is 27.9 Å². The van der Waals surface area contributed by atoms with Gasteiger partial charge in [0.25, 0.3) is 5.91 Å². The molecule has 2 aliphatic rings. The number of carbonyl (C=O) groups excluding carboxylic acids is 2. The van der Waals surface area contributed by atoms with E-state index in [1.165, 1.54) is 25.5 Å². The topological polar surface area (TPSA) is 46.6 Å². The number of halogens is 2. The van der Waals surface area contributed by atoms with Crippen LogP contribution in [0.3, 0.4) is 0 Å². The SMILES string of the molecule is COC(=O)C1=C(C)N(CCC2=CCCCC2)C(=O)/C1=C\c1c(Cl)cccc1Cl.